The third kappa shape index (κ3) is 3.56. The van der Waals surface area contributed by atoms with Crippen molar-refractivity contribution in [2.45, 2.75) is 17.3 Å². The zero-order valence-corrected chi connectivity index (χ0v) is 16.1. The molecular weight excluding hydrogens is 376 g/mol. The van der Waals surface area contributed by atoms with Crippen LogP contribution in [0.5, 0.6) is 0 Å². The number of nitrogens with one attached hydrogen (secondary N) is 3. The van der Waals surface area contributed by atoms with E-state index in [1.807, 2.05) is 48.9 Å². The number of aromatic nitrogens is 5. The fourth-order valence-electron chi connectivity index (χ4n) is 2.82. The predicted molar refractivity (Wildman–Crippen MR) is 109 cm³/mol. The Morgan fingerprint density at radius 1 is 1.11 bits per heavy atom. The standard InChI is InChI=1S/C19H18N6O2S/c1-11(17(26)20-13-8-9-14-15(10-13)22-18(27)21-14)28-19-24-23-16(25(19)2)12-6-4-3-5-7-12/h3-11H,1-2H3,(H,20,26)(H2,21,22,27). The maximum absolute atomic E-state index is 12.6. The van der Waals surface area contributed by atoms with Crippen LogP contribution in [0, 0.1) is 0 Å². The number of anilines is 1. The van der Waals surface area contributed by atoms with Crippen molar-refractivity contribution in [2.75, 3.05) is 5.32 Å². The lowest BCUT2D eigenvalue weighted by Crippen LogP contribution is -2.22. The molecule has 0 bridgehead atoms. The normalized spacial score (nSPS) is 12.2. The van der Waals surface area contributed by atoms with Gasteiger partial charge in [0.25, 0.3) is 0 Å². The molecular formula is C19H18N6O2S. The number of hydrogen-bond acceptors (Lipinski definition) is 5. The van der Waals surface area contributed by atoms with E-state index in [-0.39, 0.29) is 16.8 Å². The van der Waals surface area contributed by atoms with Crippen molar-refractivity contribution in [2.24, 2.45) is 7.05 Å². The number of fused-ring (bicyclic) bond motifs is 1. The number of carbonyl (C=O) groups is 1. The minimum absolute atomic E-state index is 0.161. The number of hydrogen-bond donors (Lipinski definition) is 3. The molecule has 9 heteroatoms. The number of H-pyrrole nitrogens is 2. The highest BCUT2D eigenvalue weighted by atomic mass is 32.2. The lowest BCUT2D eigenvalue weighted by Gasteiger charge is -2.12. The molecule has 142 valence electrons. The predicted octanol–water partition coefficient (Wildman–Crippen LogP) is 2.77. The van der Waals surface area contributed by atoms with Crippen LogP contribution in [-0.2, 0) is 11.8 Å². The van der Waals surface area contributed by atoms with E-state index >= 15 is 0 Å². The number of rotatable bonds is 5. The summed E-state index contributed by atoms with van der Waals surface area (Å²) in [6.45, 7) is 1.81. The minimum atomic E-state index is -0.382. The fourth-order valence-corrected chi connectivity index (χ4v) is 3.64. The average molecular weight is 394 g/mol. The van der Waals surface area contributed by atoms with Gasteiger partial charge in [-0.15, -0.1) is 10.2 Å². The van der Waals surface area contributed by atoms with Crippen molar-refractivity contribution in [1.82, 2.24) is 24.7 Å². The highest BCUT2D eigenvalue weighted by molar-refractivity contribution is 8.00. The van der Waals surface area contributed by atoms with E-state index in [0.717, 1.165) is 11.4 Å². The van der Waals surface area contributed by atoms with Crippen LogP contribution in [0.3, 0.4) is 0 Å². The highest BCUT2D eigenvalue weighted by Gasteiger charge is 2.19. The molecule has 0 aliphatic rings. The molecule has 0 radical (unpaired) electrons. The summed E-state index contributed by atoms with van der Waals surface area (Å²) in [5, 5.41) is 11.6. The molecule has 8 nitrogen and oxygen atoms in total. The topological polar surface area (TPSA) is 108 Å². The van der Waals surface area contributed by atoms with E-state index in [1.165, 1.54) is 11.8 Å². The van der Waals surface area contributed by atoms with Crippen molar-refractivity contribution in [1.29, 1.82) is 0 Å². The molecule has 1 amide bonds. The molecule has 0 aliphatic carbocycles. The quantitative estimate of drug-likeness (QED) is 0.451. The first kappa shape index (κ1) is 18.1. The SMILES string of the molecule is CC(Sc1nnc(-c2ccccc2)n1C)C(=O)Nc1ccc2[nH]c(=O)[nH]c2c1. The van der Waals surface area contributed by atoms with E-state index in [2.05, 4.69) is 25.5 Å². The summed E-state index contributed by atoms with van der Waals surface area (Å²) in [7, 11) is 1.88. The lowest BCUT2D eigenvalue weighted by molar-refractivity contribution is -0.115. The van der Waals surface area contributed by atoms with Crippen LogP contribution < -0.4 is 11.0 Å². The number of imidazole rings is 1. The van der Waals surface area contributed by atoms with Crippen LogP contribution in [-0.4, -0.2) is 35.9 Å². The molecule has 28 heavy (non-hydrogen) atoms. The number of aromatic amines is 2. The largest absolute Gasteiger partial charge is 0.325 e. The first-order chi connectivity index (χ1) is 13.5. The van der Waals surface area contributed by atoms with Gasteiger partial charge >= 0.3 is 5.69 Å². The van der Waals surface area contributed by atoms with Gasteiger partial charge in [-0.25, -0.2) is 4.79 Å². The molecule has 0 saturated heterocycles. The zero-order chi connectivity index (χ0) is 19.7. The van der Waals surface area contributed by atoms with Crippen LogP contribution >= 0.6 is 11.8 Å². The second-order valence-electron chi connectivity index (χ2n) is 6.32. The van der Waals surface area contributed by atoms with Gasteiger partial charge in [-0.2, -0.15) is 0 Å². The van der Waals surface area contributed by atoms with Crippen molar-refractivity contribution in [3.8, 4) is 11.4 Å². The van der Waals surface area contributed by atoms with Crippen molar-refractivity contribution in [3.05, 3.63) is 59.0 Å². The molecule has 2 aromatic carbocycles. The Balaban J connectivity index is 1.47. The lowest BCUT2D eigenvalue weighted by atomic mass is 10.2. The Bertz CT molecular complexity index is 1190. The third-order valence-corrected chi connectivity index (χ3v) is 5.44. The summed E-state index contributed by atoms with van der Waals surface area (Å²) < 4.78 is 1.88. The number of nitrogens with zero attached hydrogens (tertiary/aromatic N) is 3. The molecule has 4 rings (SSSR count). The maximum atomic E-state index is 12.6. The van der Waals surface area contributed by atoms with Gasteiger partial charge in [0.15, 0.2) is 11.0 Å². The Morgan fingerprint density at radius 3 is 2.64 bits per heavy atom. The van der Waals surface area contributed by atoms with Crippen molar-refractivity contribution >= 4 is 34.4 Å². The van der Waals surface area contributed by atoms with Gasteiger partial charge in [-0.3, -0.25) is 4.79 Å². The molecule has 0 spiro atoms. The van der Waals surface area contributed by atoms with E-state index in [1.54, 1.807) is 18.2 Å². The number of thioether (sulfide) groups is 1. The van der Waals surface area contributed by atoms with Crippen LogP contribution in [0.25, 0.3) is 22.4 Å². The number of amides is 1. The first-order valence-corrected chi connectivity index (χ1v) is 9.53. The zero-order valence-electron chi connectivity index (χ0n) is 15.3. The van der Waals surface area contributed by atoms with E-state index in [9.17, 15) is 9.59 Å². The second kappa shape index (κ2) is 7.35. The highest BCUT2D eigenvalue weighted by Crippen LogP contribution is 2.26. The van der Waals surface area contributed by atoms with E-state index < -0.39 is 0 Å². The molecule has 0 aliphatic heterocycles. The third-order valence-electron chi connectivity index (χ3n) is 4.30. The number of benzene rings is 2. The van der Waals surface area contributed by atoms with Crippen molar-refractivity contribution in [3.63, 3.8) is 0 Å². The second-order valence-corrected chi connectivity index (χ2v) is 7.63. The molecule has 0 saturated carbocycles. The summed E-state index contributed by atoms with van der Waals surface area (Å²) in [6.07, 6.45) is 0. The molecule has 3 N–H and O–H groups in total. The minimum Gasteiger partial charge on any atom is -0.325 e. The molecule has 1 unspecified atom stereocenters. The van der Waals surface area contributed by atoms with Crippen LogP contribution in [0.1, 0.15) is 6.92 Å². The Kier molecular flexibility index (Phi) is 4.74. The first-order valence-electron chi connectivity index (χ1n) is 8.65. The Hall–Kier alpha value is -3.33. The van der Waals surface area contributed by atoms with Crippen molar-refractivity contribution < 1.29 is 4.79 Å². The summed E-state index contributed by atoms with van der Waals surface area (Å²) in [5.74, 6) is 0.587. The fraction of sp³-hybridized carbons (Fsp3) is 0.158. The molecule has 2 aromatic heterocycles. The summed E-state index contributed by atoms with van der Waals surface area (Å²) >= 11 is 1.33. The molecule has 0 fully saturated rings. The monoisotopic (exact) mass is 394 g/mol. The molecule has 2 heterocycles. The van der Waals surface area contributed by atoms with Crippen LogP contribution in [0.4, 0.5) is 5.69 Å². The summed E-state index contributed by atoms with van der Waals surface area (Å²) in [6, 6.07) is 15.0. The number of carbonyl (C=O) groups excluding carboxylic acids is 1. The van der Waals surface area contributed by atoms with Gasteiger partial charge in [-0.05, 0) is 25.1 Å². The summed E-state index contributed by atoms with van der Waals surface area (Å²) in [5.41, 5.74) is 2.64. The van der Waals surface area contributed by atoms with Crippen LogP contribution in [0.2, 0.25) is 0 Å². The molecule has 4 aromatic rings. The van der Waals surface area contributed by atoms with Gasteiger partial charge in [0, 0.05) is 18.3 Å². The Morgan fingerprint density at radius 2 is 1.86 bits per heavy atom. The van der Waals surface area contributed by atoms with Crippen LogP contribution in [0.15, 0.2) is 58.5 Å². The van der Waals surface area contributed by atoms with Gasteiger partial charge < -0.3 is 19.9 Å². The average Bonchev–Trinajstić information content (AvgIpc) is 3.24. The van der Waals surface area contributed by atoms with Gasteiger partial charge in [-0.1, -0.05) is 42.1 Å². The van der Waals surface area contributed by atoms with Gasteiger partial charge in [0.2, 0.25) is 5.91 Å². The Labute approximate surface area is 164 Å². The molecule has 1 atom stereocenters. The maximum Gasteiger partial charge on any atom is 0.323 e. The smallest absolute Gasteiger partial charge is 0.323 e. The van der Waals surface area contributed by atoms with E-state index in [4.69, 9.17) is 0 Å². The summed E-state index contributed by atoms with van der Waals surface area (Å²) in [4.78, 5) is 29.3. The van der Waals surface area contributed by atoms with Gasteiger partial charge in [0.1, 0.15) is 0 Å². The van der Waals surface area contributed by atoms with E-state index in [0.29, 0.717) is 21.9 Å². The van der Waals surface area contributed by atoms with Gasteiger partial charge in [0.05, 0.1) is 16.3 Å².